The molecule has 12 heteroatoms. The second kappa shape index (κ2) is 10.0. The molecule has 2 aromatic carbocycles. The zero-order chi connectivity index (χ0) is 26.6. The SMILES string of the molecule is O=C(Cn1c2c(sc1=O)[C@H](c1cccs1)C1C(=O)N(c3ccc(Cl)cc3)C(=O)C1S2)Nc1ccc(Cl)cc1. The highest BCUT2D eigenvalue weighted by atomic mass is 35.5. The maximum absolute atomic E-state index is 13.8. The van der Waals surface area contributed by atoms with Crippen LogP contribution in [0, 0.1) is 5.92 Å². The number of nitrogens with zero attached hydrogens (tertiary/aromatic N) is 2. The normalized spacial score (nSPS) is 20.4. The van der Waals surface area contributed by atoms with Gasteiger partial charge >= 0.3 is 4.87 Å². The van der Waals surface area contributed by atoms with Crippen LogP contribution >= 0.6 is 57.6 Å². The number of rotatable bonds is 5. The Morgan fingerprint density at radius 2 is 1.61 bits per heavy atom. The zero-order valence-corrected chi connectivity index (χ0v) is 23.3. The predicted molar refractivity (Wildman–Crippen MR) is 152 cm³/mol. The van der Waals surface area contributed by atoms with Crippen LogP contribution in [0.1, 0.15) is 15.7 Å². The standard InChI is InChI=1S/C26H17Cl2N3O4S3/c27-13-3-7-15(8-4-13)29-18(32)12-30-25-22(38-26(30)35)19(17-2-1-11-36-17)20-21(37-25)24(34)31(23(20)33)16-9-5-14(28)6-10-16/h1-11,19-21H,12H2,(H,29,32)/t19-,20?,21?/m1/s1. The molecule has 2 aromatic heterocycles. The molecule has 3 atom stereocenters. The van der Waals surface area contributed by atoms with E-state index in [1.54, 1.807) is 48.5 Å². The summed E-state index contributed by atoms with van der Waals surface area (Å²) in [4.78, 5) is 55.9. The number of thioether (sulfide) groups is 1. The lowest BCUT2D eigenvalue weighted by Crippen LogP contribution is -2.32. The number of aromatic nitrogens is 1. The first-order valence-electron chi connectivity index (χ1n) is 11.4. The number of amides is 3. The van der Waals surface area contributed by atoms with Crippen LogP contribution in [0.25, 0.3) is 0 Å². The van der Waals surface area contributed by atoms with Gasteiger partial charge in [-0.15, -0.1) is 11.3 Å². The van der Waals surface area contributed by atoms with Crippen LogP contribution in [-0.4, -0.2) is 27.5 Å². The lowest BCUT2D eigenvalue weighted by Gasteiger charge is -2.29. The van der Waals surface area contributed by atoms with Crippen LogP contribution in [0.3, 0.4) is 0 Å². The highest BCUT2D eigenvalue weighted by Crippen LogP contribution is 2.54. The summed E-state index contributed by atoms with van der Waals surface area (Å²) in [5.74, 6) is -2.20. The zero-order valence-electron chi connectivity index (χ0n) is 19.3. The summed E-state index contributed by atoms with van der Waals surface area (Å²) in [6.45, 7) is -0.224. The molecule has 0 bridgehead atoms. The molecular weight excluding hydrogens is 585 g/mol. The van der Waals surface area contributed by atoms with E-state index in [-0.39, 0.29) is 29.1 Å². The van der Waals surface area contributed by atoms with Gasteiger partial charge in [-0.3, -0.25) is 23.7 Å². The summed E-state index contributed by atoms with van der Waals surface area (Å²) < 4.78 is 1.40. The van der Waals surface area contributed by atoms with E-state index in [4.69, 9.17) is 23.2 Å². The molecule has 0 saturated carbocycles. The van der Waals surface area contributed by atoms with Crippen LogP contribution < -0.4 is 15.1 Å². The van der Waals surface area contributed by atoms with Crippen molar-refractivity contribution >= 4 is 86.7 Å². The molecule has 0 aliphatic carbocycles. The van der Waals surface area contributed by atoms with Crippen LogP contribution in [0.2, 0.25) is 10.0 Å². The highest BCUT2D eigenvalue weighted by molar-refractivity contribution is 8.00. The molecule has 7 nitrogen and oxygen atoms in total. The van der Waals surface area contributed by atoms with Gasteiger partial charge in [0.15, 0.2) is 0 Å². The third-order valence-electron chi connectivity index (χ3n) is 6.41. The predicted octanol–water partition coefficient (Wildman–Crippen LogP) is 5.71. The summed E-state index contributed by atoms with van der Waals surface area (Å²) in [6.07, 6.45) is 0. The van der Waals surface area contributed by atoms with Crippen molar-refractivity contribution in [1.29, 1.82) is 0 Å². The van der Waals surface area contributed by atoms with Crippen molar-refractivity contribution in [3.63, 3.8) is 0 Å². The number of benzene rings is 2. The Morgan fingerprint density at radius 1 is 0.921 bits per heavy atom. The van der Waals surface area contributed by atoms with Crippen molar-refractivity contribution < 1.29 is 14.4 Å². The number of thiophene rings is 1. The van der Waals surface area contributed by atoms with Gasteiger partial charge in [0.2, 0.25) is 17.7 Å². The molecule has 38 heavy (non-hydrogen) atoms. The first-order chi connectivity index (χ1) is 18.3. The molecule has 1 saturated heterocycles. The number of carbonyl (C=O) groups is 3. The first kappa shape index (κ1) is 25.4. The molecule has 1 fully saturated rings. The van der Waals surface area contributed by atoms with Crippen molar-refractivity contribution in [3.8, 4) is 0 Å². The molecule has 2 aliphatic heterocycles. The second-order valence-corrected chi connectivity index (χ2v) is 12.7. The molecule has 4 aromatic rings. The van der Waals surface area contributed by atoms with E-state index in [9.17, 15) is 19.2 Å². The van der Waals surface area contributed by atoms with Gasteiger partial charge in [-0.1, -0.05) is 52.4 Å². The Bertz CT molecular complexity index is 1610. The summed E-state index contributed by atoms with van der Waals surface area (Å²) in [5, 5.41) is 5.53. The summed E-state index contributed by atoms with van der Waals surface area (Å²) in [7, 11) is 0. The Kier molecular flexibility index (Phi) is 6.69. The number of anilines is 2. The molecule has 1 N–H and O–H groups in total. The molecule has 4 heterocycles. The van der Waals surface area contributed by atoms with Gasteiger partial charge in [0.05, 0.1) is 16.6 Å². The van der Waals surface area contributed by atoms with Crippen LogP contribution in [0.15, 0.2) is 75.9 Å². The van der Waals surface area contributed by atoms with Crippen LogP contribution in [0.4, 0.5) is 11.4 Å². The van der Waals surface area contributed by atoms with Crippen molar-refractivity contribution in [2.45, 2.75) is 22.7 Å². The number of fused-ring (bicyclic) bond motifs is 2. The third-order valence-corrected chi connectivity index (χ3v) is 10.5. The average molecular weight is 603 g/mol. The highest BCUT2D eigenvalue weighted by Gasteiger charge is 2.57. The van der Waals surface area contributed by atoms with Crippen LogP contribution in [-0.2, 0) is 20.9 Å². The van der Waals surface area contributed by atoms with Gasteiger partial charge in [-0.2, -0.15) is 0 Å². The second-order valence-electron chi connectivity index (χ2n) is 8.72. The number of thiazole rings is 1. The third kappa shape index (κ3) is 4.40. The van der Waals surface area contributed by atoms with Crippen molar-refractivity contribution in [2.24, 2.45) is 5.92 Å². The molecule has 0 radical (unpaired) electrons. The number of carbonyl (C=O) groups excluding carboxylic acids is 3. The average Bonchev–Trinajstić information content (AvgIpc) is 3.59. The summed E-state index contributed by atoms with van der Waals surface area (Å²) in [5.41, 5.74) is 1.00. The Labute approximate surface area is 239 Å². The van der Waals surface area contributed by atoms with Gasteiger partial charge in [0, 0.05) is 31.4 Å². The summed E-state index contributed by atoms with van der Waals surface area (Å²) in [6, 6.07) is 17.0. The minimum Gasteiger partial charge on any atom is -0.325 e. The molecule has 2 aliphatic rings. The minimum atomic E-state index is -0.739. The van der Waals surface area contributed by atoms with E-state index in [0.29, 0.717) is 31.3 Å². The number of hydrogen-bond acceptors (Lipinski definition) is 7. The van der Waals surface area contributed by atoms with E-state index in [1.807, 2.05) is 17.5 Å². The maximum Gasteiger partial charge on any atom is 0.308 e. The first-order valence-corrected chi connectivity index (χ1v) is 14.8. The Balaban J connectivity index is 1.38. The number of halogens is 2. The van der Waals surface area contributed by atoms with Crippen molar-refractivity contribution in [2.75, 3.05) is 10.2 Å². The number of hydrogen-bond donors (Lipinski definition) is 1. The van der Waals surface area contributed by atoms with E-state index in [0.717, 1.165) is 16.2 Å². The molecule has 0 spiro atoms. The largest absolute Gasteiger partial charge is 0.325 e. The Morgan fingerprint density at radius 3 is 2.26 bits per heavy atom. The van der Waals surface area contributed by atoms with Gasteiger partial charge < -0.3 is 5.32 Å². The quantitative estimate of drug-likeness (QED) is 0.296. The smallest absolute Gasteiger partial charge is 0.308 e. The lowest BCUT2D eigenvalue weighted by atomic mass is 9.87. The monoisotopic (exact) mass is 601 g/mol. The topological polar surface area (TPSA) is 88.5 Å². The number of nitrogens with one attached hydrogen (secondary N) is 1. The van der Waals surface area contributed by atoms with Crippen LogP contribution in [0.5, 0.6) is 0 Å². The van der Waals surface area contributed by atoms with Gasteiger partial charge in [0.25, 0.3) is 0 Å². The van der Waals surface area contributed by atoms with Gasteiger partial charge in [-0.05, 0) is 60.0 Å². The van der Waals surface area contributed by atoms with Gasteiger partial charge in [-0.25, -0.2) is 4.90 Å². The van der Waals surface area contributed by atoms with E-state index >= 15 is 0 Å². The fourth-order valence-electron chi connectivity index (χ4n) is 4.75. The fourth-order valence-corrected chi connectivity index (χ4v) is 8.73. The molecule has 2 unspecified atom stereocenters. The minimum absolute atomic E-state index is 0.224. The Hall–Kier alpha value is -2.89. The fraction of sp³-hybridized carbons (Fsp3) is 0.154. The van der Waals surface area contributed by atoms with E-state index < -0.39 is 17.1 Å². The maximum atomic E-state index is 13.8. The number of imide groups is 1. The molecule has 192 valence electrons. The molecular formula is C26H17Cl2N3O4S3. The van der Waals surface area contributed by atoms with E-state index in [2.05, 4.69) is 5.32 Å². The van der Waals surface area contributed by atoms with Crippen molar-refractivity contribution in [1.82, 2.24) is 4.57 Å². The molecule has 3 amide bonds. The molecule has 6 rings (SSSR count). The van der Waals surface area contributed by atoms with E-state index in [1.165, 1.54) is 32.6 Å². The van der Waals surface area contributed by atoms with Gasteiger partial charge in [0.1, 0.15) is 11.8 Å². The van der Waals surface area contributed by atoms with Crippen molar-refractivity contribution in [3.05, 3.63) is 95.5 Å². The lowest BCUT2D eigenvalue weighted by molar-refractivity contribution is -0.122. The summed E-state index contributed by atoms with van der Waals surface area (Å²) >= 11 is 15.6.